The summed E-state index contributed by atoms with van der Waals surface area (Å²) in [5.41, 5.74) is 1.08. The Labute approximate surface area is 98.8 Å². The zero-order valence-electron chi connectivity index (χ0n) is 9.06. The van der Waals surface area contributed by atoms with Crippen LogP contribution >= 0.6 is 15.9 Å². The first-order valence-electron chi connectivity index (χ1n) is 5.41. The summed E-state index contributed by atoms with van der Waals surface area (Å²) >= 11 is 3.51. The van der Waals surface area contributed by atoms with E-state index in [1.54, 1.807) is 4.68 Å². The highest BCUT2D eigenvalue weighted by molar-refractivity contribution is 9.09. The summed E-state index contributed by atoms with van der Waals surface area (Å²) in [5.74, 6) is 0.862. The Morgan fingerprint density at radius 1 is 1.60 bits per heavy atom. The van der Waals surface area contributed by atoms with Crippen LogP contribution < -0.4 is 0 Å². The summed E-state index contributed by atoms with van der Waals surface area (Å²) in [6.45, 7) is 3.36. The molecule has 84 valence electrons. The van der Waals surface area contributed by atoms with Crippen LogP contribution in [0, 0.1) is 5.92 Å². The Morgan fingerprint density at radius 2 is 2.47 bits per heavy atom. The molecular weight excluding hydrogens is 256 g/mol. The molecule has 15 heavy (non-hydrogen) atoms. The smallest absolute Gasteiger partial charge is 0.0967 e. The van der Waals surface area contributed by atoms with Crippen LogP contribution in [0.15, 0.2) is 6.20 Å². The molecule has 1 fully saturated rings. The minimum atomic E-state index is 0.862. The van der Waals surface area contributed by atoms with Crippen molar-refractivity contribution in [2.45, 2.75) is 19.4 Å². The molecule has 0 spiro atoms. The maximum absolute atomic E-state index is 4.11. The molecule has 2 rings (SSSR count). The van der Waals surface area contributed by atoms with Gasteiger partial charge in [-0.3, -0.25) is 9.58 Å². The molecule has 1 aromatic heterocycles. The van der Waals surface area contributed by atoms with E-state index in [0.717, 1.165) is 23.5 Å². The molecule has 0 aromatic carbocycles. The summed E-state index contributed by atoms with van der Waals surface area (Å²) in [7, 11) is 1.91. The maximum Gasteiger partial charge on any atom is 0.0967 e. The number of rotatable bonds is 4. The molecule has 1 atom stereocenters. The van der Waals surface area contributed by atoms with E-state index in [2.05, 4.69) is 31.1 Å². The number of likely N-dealkylation sites (tertiary alicyclic amines) is 1. The van der Waals surface area contributed by atoms with Gasteiger partial charge >= 0.3 is 0 Å². The van der Waals surface area contributed by atoms with E-state index in [1.807, 2.05) is 13.2 Å². The molecule has 1 aliphatic rings. The average Bonchev–Trinajstić information content (AvgIpc) is 2.78. The van der Waals surface area contributed by atoms with E-state index < -0.39 is 0 Å². The number of nitrogens with zero attached hydrogens (tertiary/aromatic N) is 4. The first-order chi connectivity index (χ1) is 7.28. The van der Waals surface area contributed by atoms with Crippen LogP contribution in [0.3, 0.4) is 0 Å². The molecule has 0 radical (unpaired) electrons. The van der Waals surface area contributed by atoms with Crippen molar-refractivity contribution in [3.05, 3.63) is 11.9 Å². The third kappa shape index (κ3) is 3.01. The third-order valence-electron chi connectivity index (χ3n) is 2.92. The van der Waals surface area contributed by atoms with Crippen molar-refractivity contribution in [1.82, 2.24) is 19.9 Å². The molecule has 0 N–H and O–H groups in total. The molecule has 1 aliphatic heterocycles. The van der Waals surface area contributed by atoms with Crippen LogP contribution in [0.25, 0.3) is 0 Å². The van der Waals surface area contributed by atoms with E-state index in [4.69, 9.17) is 0 Å². The number of halogens is 1. The minimum Gasteiger partial charge on any atom is -0.297 e. The van der Waals surface area contributed by atoms with Gasteiger partial charge in [0.1, 0.15) is 0 Å². The highest BCUT2D eigenvalue weighted by Gasteiger charge is 2.22. The lowest BCUT2D eigenvalue weighted by molar-refractivity contribution is 0.311. The summed E-state index contributed by atoms with van der Waals surface area (Å²) in [5, 5.41) is 9.18. The van der Waals surface area contributed by atoms with Crippen LogP contribution in [0.2, 0.25) is 0 Å². The number of alkyl halides is 1. The normalized spacial score (nSPS) is 22.4. The fourth-order valence-corrected chi connectivity index (χ4v) is 2.79. The fraction of sp³-hybridized carbons (Fsp3) is 0.800. The Hall–Kier alpha value is -0.420. The Morgan fingerprint density at radius 3 is 3.13 bits per heavy atom. The van der Waals surface area contributed by atoms with Crippen LogP contribution in [-0.2, 0) is 13.6 Å². The van der Waals surface area contributed by atoms with Gasteiger partial charge in [0.25, 0.3) is 0 Å². The fourth-order valence-electron chi connectivity index (χ4n) is 2.14. The van der Waals surface area contributed by atoms with Gasteiger partial charge < -0.3 is 0 Å². The van der Waals surface area contributed by atoms with Crippen molar-refractivity contribution in [2.24, 2.45) is 13.0 Å². The molecule has 5 heteroatoms. The number of aryl methyl sites for hydroxylation is 1. The van der Waals surface area contributed by atoms with Gasteiger partial charge in [-0.15, -0.1) is 5.10 Å². The van der Waals surface area contributed by atoms with E-state index in [-0.39, 0.29) is 0 Å². The summed E-state index contributed by atoms with van der Waals surface area (Å²) < 4.78 is 1.77. The average molecular weight is 273 g/mol. The zero-order valence-corrected chi connectivity index (χ0v) is 10.7. The van der Waals surface area contributed by atoms with E-state index in [0.29, 0.717) is 0 Å². The van der Waals surface area contributed by atoms with Gasteiger partial charge in [0.15, 0.2) is 0 Å². The largest absolute Gasteiger partial charge is 0.297 e. The molecular formula is C10H17BrN4. The van der Waals surface area contributed by atoms with Gasteiger partial charge in [-0.2, -0.15) is 0 Å². The zero-order chi connectivity index (χ0) is 10.7. The van der Waals surface area contributed by atoms with Gasteiger partial charge in [-0.05, 0) is 25.3 Å². The van der Waals surface area contributed by atoms with Gasteiger partial charge in [0.2, 0.25) is 0 Å². The van der Waals surface area contributed by atoms with E-state index in [9.17, 15) is 0 Å². The quantitative estimate of drug-likeness (QED) is 0.778. The first-order valence-corrected chi connectivity index (χ1v) is 6.53. The van der Waals surface area contributed by atoms with Gasteiger partial charge in [-0.25, -0.2) is 0 Å². The summed E-state index contributed by atoms with van der Waals surface area (Å²) in [6.07, 6.45) is 4.61. The van der Waals surface area contributed by atoms with Gasteiger partial charge in [0.05, 0.1) is 5.69 Å². The Kier molecular flexibility index (Phi) is 3.75. The third-order valence-corrected chi connectivity index (χ3v) is 3.38. The predicted octanol–water partition coefficient (Wildman–Crippen LogP) is 1.42. The maximum atomic E-state index is 4.11. The molecule has 2 heterocycles. The van der Waals surface area contributed by atoms with Crippen molar-refractivity contribution in [3.8, 4) is 0 Å². The highest BCUT2D eigenvalue weighted by Crippen LogP contribution is 2.21. The van der Waals surface area contributed by atoms with E-state index in [1.165, 1.54) is 25.9 Å². The second-order valence-corrected chi connectivity index (χ2v) is 5.04. The molecule has 1 unspecified atom stereocenters. The lowest BCUT2D eigenvalue weighted by Crippen LogP contribution is -2.20. The van der Waals surface area contributed by atoms with Gasteiger partial charge in [0, 0.05) is 31.7 Å². The van der Waals surface area contributed by atoms with Crippen molar-refractivity contribution in [2.75, 3.05) is 18.4 Å². The van der Waals surface area contributed by atoms with Gasteiger partial charge in [-0.1, -0.05) is 21.1 Å². The lowest BCUT2D eigenvalue weighted by Gasteiger charge is -2.13. The lowest BCUT2D eigenvalue weighted by atomic mass is 10.1. The molecule has 4 nitrogen and oxygen atoms in total. The molecule has 0 aliphatic carbocycles. The van der Waals surface area contributed by atoms with Crippen LogP contribution in [0.4, 0.5) is 0 Å². The van der Waals surface area contributed by atoms with Crippen molar-refractivity contribution in [3.63, 3.8) is 0 Å². The van der Waals surface area contributed by atoms with E-state index >= 15 is 0 Å². The molecule has 0 saturated carbocycles. The molecule has 1 saturated heterocycles. The second-order valence-electron chi connectivity index (χ2n) is 4.25. The number of hydrogen-bond donors (Lipinski definition) is 0. The highest BCUT2D eigenvalue weighted by atomic mass is 79.9. The Bertz CT molecular complexity index is 312. The molecule has 1 aromatic rings. The Balaban J connectivity index is 1.82. The SMILES string of the molecule is Cn1cc(CN2CCC(CCBr)C2)nn1. The standard InChI is InChI=1S/C10H17BrN4/c1-14-7-10(12-13-14)8-15-5-3-9(6-15)2-4-11/h7,9H,2-6,8H2,1H3. The topological polar surface area (TPSA) is 34.0 Å². The summed E-state index contributed by atoms with van der Waals surface area (Å²) in [4.78, 5) is 2.47. The van der Waals surface area contributed by atoms with Crippen molar-refractivity contribution >= 4 is 15.9 Å². The minimum absolute atomic E-state index is 0.862. The molecule has 0 amide bonds. The van der Waals surface area contributed by atoms with Crippen LogP contribution in [0.1, 0.15) is 18.5 Å². The first kappa shape index (κ1) is 11.1. The van der Waals surface area contributed by atoms with Crippen LogP contribution in [0.5, 0.6) is 0 Å². The predicted molar refractivity (Wildman–Crippen MR) is 62.8 cm³/mol. The molecule has 0 bridgehead atoms. The van der Waals surface area contributed by atoms with Crippen molar-refractivity contribution < 1.29 is 0 Å². The monoisotopic (exact) mass is 272 g/mol. The number of hydrogen-bond acceptors (Lipinski definition) is 3. The van der Waals surface area contributed by atoms with Crippen LogP contribution in [-0.4, -0.2) is 38.3 Å². The van der Waals surface area contributed by atoms with Crippen molar-refractivity contribution in [1.29, 1.82) is 0 Å². The summed E-state index contributed by atoms with van der Waals surface area (Å²) in [6, 6.07) is 0. The number of aromatic nitrogens is 3. The second kappa shape index (κ2) is 5.07.